The lowest BCUT2D eigenvalue weighted by molar-refractivity contribution is -0.345. The third-order valence-electron chi connectivity index (χ3n) is 10.4. The van der Waals surface area contributed by atoms with E-state index in [0.717, 1.165) is 73.0 Å². The Morgan fingerprint density at radius 2 is 0.900 bits per heavy atom. The van der Waals surface area contributed by atoms with Crippen LogP contribution in [-0.4, -0.2) is 4.70 Å². The highest BCUT2D eigenvalue weighted by Crippen LogP contribution is 2.42. The first-order valence-corrected chi connectivity index (χ1v) is 21.3. The van der Waals surface area contributed by atoms with Gasteiger partial charge in [-0.05, 0) is 80.3 Å². The molecule has 0 amide bonds. The summed E-state index contributed by atoms with van der Waals surface area (Å²) < 4.78 is 1.49. The van der Waals surface area contributed by atoms with Crippen LogP contribution >= 0.6 is 0 Å². The summed E-state index contributed by atoms with van der Waals surface area (Å²) in [4.78, 5) is 0. The Kier molecular flexibility index (Phi) is 21.5. The molecule has 0 saturated carbocycles. The maximum absolute atomic E-state index is 12.0. The van der Waals surface area contributed by atoms with Crippen LogP contribution in [0.25, 0.3) is 16.9 Å². The molecule has 0 atom stereocenters. The molecular formula is C48H72N2. The Hall–Kier alpha value is -2.92. The molecule has 0 N–H and O–H groups in total. The van der Waals surface area contributed by atoms with Crippen LogP contribution in [0.5, 0.6) is 0 Å². The van der Waals surface area contributed by atoms with Crippen molar-refractivity contribution in [1.82, 2.24) is 0 Å². The minimum Gasteiger partial charge on any atom is -0.493 e. The Balaban J connectivity index is 1.63. The van der Waals surface area contributed by atoms with Crippen molar-refractivity contribution in [3.8, 4) is 11.8 Å². The van der Waals surface area contributed by atoms with Crippen LogP contribution in [0.1, 0.15) is 204 Å². The highest BCUT2D eigenvalue weighted by Gasteiger charge is 2.35. The summed E-state index contributed by atoms with van der Waals surface area (Å²) >= 11 is 0. The van der Waals surface area contributed by atoms with Crippen molar-refractivity contribution >= 4 is 11.4 Å². The molecule has 274 valence electrons. The van der Waals surface area contributed by atoms with Crippen LogP contribution in [0.4, 0.5) is 0 Å². The molecule has 0 spiro atoms. The number of benzene rings is 2. The van der Waals surface area contributed by atoms with Crippen LogP contribution in [0.3, 0.4) is 0 Å². The number of aryl methyl sites for hydroxylation is 2. The number of nitrogens with zero attached hydrogens (tertiary/aromatic N) is 2. The third-order valence-corrected chi connectivity index (χ3v) is 10.4. The van der Waals surface area contributed by atoms with Crippen molar-refractivity contribution in [3.63, 3.8) is 0 Å². The molecule has 0 aliphatic carbocycles. The number of hydrogen-bond donors (Lipinski definition) is 0. The average molecular weight is 677 g/mol. The summed E-state index contributed by atoms with van der Waals surface area (Å²) in [7, 11) is 0. The lowest BCUT2D eigenvalue weighted by atomic mass is 9.94. The molecule has 3 rings (SSSR count). The number of rotatable bonds is 27. The van der Waals surface area contributed by atoms with Gasteiger partial charge in [0.15, 0.2) is 0 Å². The third kappa shape index (κ3) is 14.7. The van der Waals surface area contributed by atoms with Crippen molar-refractivity contribution < 1.29 is 4.70 Å². The van der Waals surface area contributed by atoms with Gasteiger partial charge in [0.2, 0.25) is 11.4 Å². The van der Waals surface area contributed by atoms with E-state index >= 15 is 0 Å². The number of unbranched alkanes of at least 4 members (excludes halogenated alkanes) is 19. The quantitative estimate of drug-likeness (QED) is 0.0511. The monoisotopic (exact) mass is 677 g/mol. The normalized spacial score (nSPS) is 13.0. The number of allylic oxidation sites excluding steroid dienone is 2. The van der Waals surface area contributed by atoms with Crippen LogP contribution in [-0.2, 0) is 12.8 Å². The first-order valence-electron chi connectivity index (χ1n) is 21.3. The van der Waals surface area contributed by atoms with Crippen LogP contribution < -0.4 is 0 Å². The second-order valence-corrected chi connectivity index (χ2v) is 14.9. The molecule has 2 aromatic rings. The fourth-order valence-corrected chi connectivity index (χ4v) is 7.32. The molecule has 0 fully saturated rings. The number of hydrogen-bond acceptors (Lipinski definition) is 0. The predicted octanol–water partition coefficient (Wildman–Crippen LogP) is 15.4. The highest BCUT2D eigenvalue weighted by molar-refractivity contribution is 5.85. The lowest BCUT2D eigenvalue weighted by Crippen LogP contribution is -2.03. The minimum absolute atomic E-state index is 0.864. The second kappa shape index (κ2) is 25.9. The fraction of sp³-hybridized carbons (Fsp3) is 0.625. The van der Waals surface area contributed by atoms with Gasteiger partial charge in [0.1, 0.15) is 5.57 Å². The van der Waals surface area contributed by atoms with E-state index in [1.54, 1.807) is 0 Å². The van der Waals surface area contributed by atoms with E-state index in [9.17, 15) is 5.53 Å². The first-order chi connectivity index (χ1) is 24.6. The van der Waals surface area contributed by atoms with Gasteiger partial charge in [-0.1, -0.05) is 179 Å². The van der Waals surface area contributed by atoms with Crippen LogP contribution in [0.2, 0.25) is 0 Å². The zero-order chi connectivity index (χ0) is 35.7. The van der Waals surface area contributed by atoms with Crippen molar-refractivity contribution in [3.05, 3.63) is 87.5 Å². The van der Waals surface area contributed by atoms with Crippen molar-refractivity contribution in [2.45, 2.75) is 195 Å². The topological polar surface area (TPSA) is 25.3 Å². The molecule has 0 aromatic heterocycles. The molecule has 50 heavy (non-hydrogen) atoms. The summed E-state index contributed by atoms with van der Waals surface area (Å²) in [6, 6.07) is 17.7. The SMILES string of the molecule is CCCCCCCCCCCCCCCCCCC#CC1=C(c2cccc(CCCC)c2)[N+](=[N-])C(c2cccc(CCCC)c2)=C1CCCC. The zero-order valence-corrected chi connectivity index (χ0v) is 32.9. The molecule has 2 nitrogen and oxygen atoms in total. The van der Waals surface area contributed by atoms with Gasteiger partial charge >= 0.3 is 0 Å². The average Bonchev–Trinajstić information content (AvgIpc) is 3.42. The van der Waals surface area contributed by atoms with Gasteiger partial charge in [-0.25, -0.2) is 4.70 Å². The molecule has 1 heterocycles. The van der Waals surface area contributed by atoms with Crippen LogP contribution in [0, 0.1) is 11.8 Å². The Labute approximate surface area is 309 Å². The molecule has 0 radical (unpaired) electrons. The van der Waals surface area contributed by atoms with Crippen molar-refractivity contribution in [2.75, 3.05) is 0 Å². The maximum Gasteiger partial charge on any atom is 0.223 e. The van der Waals surface area contributed by atoms with E-state index in [1.807, 2.05) is 0 Å². The maximum atomic E-state index is 12.0. The van der Waals surface area contributed by atoms with Crippen molar-refractivity contribution in [2.24, 2.45) is 0 Å². The summed E-state index contributed by atoms with van der Waals surface area (Å²) in [6.45, 7) is 9.04. The minimum atomic E-state index is 0.864. The molecule has 0 unspecified atom stereocenters. The van der Waals surface area contributed by atoms with Crippen molar-refractivity contribution in [1.29, 1.82) is 0 Å². The molecule has 2 heteroatoms. The Bertz CT molecular complexity index is 1380. The van der Waals surface area contributed by atoms with E-state index in [0.29, 0.717) is 0 Å². The smallest absolute Gasteiger partial charge is 0.223 e. The van der Waals surface area contributed by atoms with E-state index in [2.05, 4.69) is 88.1 Å². The second-order valence-electron chi connectivity index (χ2n) is 14.9. The van der Waals surface area contributed by atoms with Gasteiger partial charge in [-0.3, -0.25) is 0 Å². The molecule has 0 saturated heterocycles. The van der Waals surface area contributed by atoms with E-state index in [4.69, 9.17) is 0 Å². The van der Waals surface area contributed by atoms with E-state index in [-0.39, 0.29) is 0 Å². The largest absolute Gasteiger partial charge is 0.493 e. The highest BCUT2D eigenvalue weighted by atomic mass is 15.2. The summed E-state index contributed by atoms with van der Waals surface area (Å²) in [5.74, 6) is 7.24. The van der Waals surface area contributed by atoms with Crippen LogP contribution in [0.15, 0.2) is 59.7 Å². The van der Waals surface area contributed by atoms with Gasteiger partial charge in [-0.2, -0.15) is 0 Å². The Morgan fingerprint density at radius 1 is 0.480 bits per heavy atom. The lowest BCUT2D eigenvalue weighted by Gasteiger charge is -2.11. The van der Waals surface area contributed by atoms with Gasteiger partial charge in [0, 0.05) is 23.1 Å². The Morgan fingerprint density at radius 3 is 1.38 bits per heavy atom. The van der Waals surface area contributed by atoms with Gasteiger partial charge in [0.25, 0.3) is 0 Å². The summed E-state index contributed by atoms with van der Waals surface area (Å²) in [5.41, 5.74) is 20.9. The first kappa shape index (κ1) is 41.5. The van der Waals surface area contributed by atoms with Gasteiger partial charge in [-0.15, -0.1) is 0 Å². The van der Waals surface area contributed by atoms with Gasteiger partial charge < -0.3 is 5.53 Å². The zero-order valence-electron chi connectivity index (χ0n) is 32.9. The standard InChI is InChI=1S/C48H72N2/c1-5-9-13-14-15-16-17-18-19-20-21-22-23-24-25-26-27-28-38-46-45(37-12-8-4)47(43-35-29-33-41(39-43)31-10-6-2)50(49)48(46)44-36-30-34-42(40-44)32-11-7-3/h29-30,33-36,39-40H,5-27,31-32,37H2,1-4H3. The molecule has 2 aromatic carbocycles. The fourth-order valence-electron chi connectivity index (χ4n) is 7.32. The molecule has 1 aliphatic rings. The molecule has 0 bridgehead atoms. The van der Waals surface area contributed by atoms with Gasteiger partial charge in [0.05, 0.1) is 0 Å². The predicted molar refractivity (Wildman–Crippen MR) is 219 cm³/mol. The molecular weight excluding hydrogens is 605 g/mol. The summed E-state index contributed by atoms with van der Waals surface area (Å²) in [5, 5.41) is 0. The van der Waals surface area contributed by atoms with E-state index < -0.39 is 0 Å². The summed E-state index contributed by atoms with van der Waals surface area (Å²) in [6.07, 6.45) is 33.0. The van der Waals surface area contributed by atoms with E-state index in [1.165, 1.54) is 143 Å². The molecule has 1 aliphatic heterocycles.